The Morgan fingerprint density at radius 2 is 2.12 bits per heavy atom. The summed E-state index contributed by atoms with van der Waals surface area (Å²) in [4.78, 5) is 26.5. The summed E-state index contributed by atoms with van der Waals surface area (Å²) in [5.41, 5.74) is 0. The first kappa shape index (κ1) is 20.3. The fraction of sp³-hybridized carbons (Fsp3) is 0.556. The van der Waals surface area contributed by atoms with Crippen molar-refractivity contribution < 1.29 is 19.4 Å². The lowest BCUT2D eigenvalue weighted by atomic mass is 9.85. The van der Waals surface area contributed by atoms with Crippen molar-refractivity contribution >= 4 is 23.6 Å². The Morgan fingerprint density at radius 3 is 2.73 bits per heavy atom. The Morgan fingerprint density at radius 1 is 1.38 bits per heavy atom. The largest absolute Gasteiger partial charge is 0.492 e. The molecule has 0 unspecified atom stereocenters. The maximum atomic E-state index is 12.2. The molecule has 26 heavy (non-hydrogen) atoms. The van der Waals surface area contributed by atoms with Gasteiger partial charge < -0.3 is 20.1 Å². The second kappa shape index (κ2) is 9.64. The first-order valence-electron chi connectivity index (χ1n) is 8.75. The van der Waals surface area contributed by atoms with E-state index in [0.717, 1.165) is 12.8 Å². The van der Waals surface area contributed by atoms with Gasteiger partial charge in [0.25, 0.3) is 0 Å². The van der Waals surface area contributed by atoms with Gasteiger partial charge in [-0.05, 0) is 37.6 Å². The third-order valence-corrected chi connectivity index (χ3v) is 4.78. The summed E-state index contributed by atoms with van der Waals surface area (Å²) in [5.74, 6) is -0.148. The summed E-state index contributed by atoms with van der Waals surface area (Å²) in [6, 6.07) is 7.29. The number of carboxylic acids is 1. The maximum Gasteiger partial charge on any atom is 0.317 e. The van der Waals surface area contributed by atoms with Crippen molar-refractivity contribution in [2.24, 2.45) is 0 Å². The normalized spacial score (nSPS) is 18.9. The van der Waals surface area contributed by atoms with Crippen LogP contribution in [0.5, 0.6) is 5.75 Å². The minimum Gasteiger partial charge on any atom is -0.492 e. The first-order chi connectivity index (χ1) is 12.4. The summed E-state index contributed by atoms with van der Waals surface area (Å²) in [6.07, 6.45) is 1.55. The summed E-state index contributed by atoms with van der Waals surface area (Å²) in [6.45, 7) is 3.51. The second-order valence-electron chi connectivity index (χ2n) is 6.46. The molecule has 144 valence electrons. The number of rotatable bonds is 9. The molecule has 2 rings (SSSR count). The van der Waals surface area contributed by atoms with Crippen molar-refractivity contribution in [2.45, 2.75) is 31.8 Å². The monoisotopic (exact) mass is 383 g/mol. The molecule has 2 N–H and O–H groups in total. The van der Waals surface area contributed by atoms with Gasteiger partial charge in [0.05, 0.1) is 13.1 Å². The molecular formula is C18H26ClN3O4. The van der Waals surface area contributed by atoms with E-state index in [4.69, 9.17) is 21.4 Å². The van der Waals surface area contributed by atoms with Gasteiger partial charge in [0.15, 0.2) is 0 Å². The first-order valence-corrected chi connectivity index (χ1v) is 9.12. The van der Waals surface area contributed by atoms with E-state index in [1.54, 1.807) is 24.1 Å². The van der Waals surface area contributed by atoms with Crippen LogP contribution in [0.15, 0.2) is 24.3 Å². The zero-order chi connectivity index (χ0) is 19.1. The number of carboxylic acid groups (broad SMARTS) is 1. The molecule has 0 radical (unpaired) electrons. The predicted octanol–water partition coefficient (Wildman–Crippen LogP) is 2.30. The van der Waals surface area contributed by atoms with Gasteiger partial charge >= 0.3 is 12.0 Å². The molecule has 8 heteroatoms. The third kappa shape index (κ3) is 6.07. The standard InChI is InChI=1S/C18H26ClN3O4/c1-3-22(12-17(23)24)15-10-14(11-15)20-18(25)21(2)7-8-26-16-6-4-5-13(19)9-16/h4-6,9,14-15H,3,7-8,10-12H2,1-2H3,(H,20,25)(H,23,24). The predicted molar refractivity (Wildman–Crippen MR) is 99.8 cm³/mol. The fourth-order valence-corrected chi connectivity index (χ4v) is 3.10. The lowest BCUT2D eigenvalue weighted by Crippen LogP contribution is -2.56. The summed E-state index contributed by atoms with van der Waals surface area (Å²) in [7, 11) is 1.72. The van der Waals surface area contributed by atoms with E-state index in [2.05, 4.69) is 5.32 Å². The van der Waals surface area contributed by atoms with E-state index in [9.17, 15) is 9.59 Å². The van der Waals surface area contributed by atoms with Crippen molar-refractivity contribution in [3.8, 4) is 5.75 Å². The van der Waals surface area contributed by atoms with Crippen molar-refractivity contribution in [1.82, 2.24) is 15.1 Å². The Kier molecular flexibility index (Phi) is 7.53. The van der Waals surface area contributed by atoms with Crippen molar-refractivity contribution in [1.29, 1.82) is 0 Å². The zero-order valence-electron chi connectivity index (χ0n) is 15.2. The van der Waals surface area contributed by atoms with Gasteiger partial charge in [0, 0.05) is 24.2 Å². The van der Waals surface area contributed by atoms with Crippen molar-refractivity contribution in [3.05, 3.63) is 29.3 Å². The minimum atomic E-state index is -0.821. The highest BCUT2D eigenvalue weighted by atomic mass is 35.5. The molecular weight excluding hydrogens is 358 g/mol. The molecule has 0 saturated heterocycles. The number of carbonyl (C=O) groups excluding carboxylic acids is 1. The number of urea groups is 1. The van der Waals surface area contributed by atoms with E-state index in [-0.39, 0.29) is 24.7 Å². The number of halogens is 1. The Hall–Kier alpha value is -1.99. The number of hydrogen-bond acceptors (Lipinski definition) is 4. The van der Waals surface area contributed by atoms with E-state index in [1.807, 2.05) is 24.0 Å². The number of benzene rings is 1. The smallest absolute Gasteiger partial charge is 0.317 e. The van der Waals surface area contributed by atoms with Crippen LogP contribution in [0.1, 0.15) is 19.8 Å². The van der Waals surface area contributed by atoms with Crippen molar-refractivity contribution in [2.75, 3.05) is 33.3 Å². The van der Waals surface area contributed by atoms with Gasteiger partial charge in [0.2, 0.25) is 0 Å². The second-order valence-corrected chi connectivity index (χ2v) is 6.89. The van der Waals surface area contributed by atoms with Crippen LogP contribution in [0.4, 0.5) is 4.79 Å². The topological polar surface area (TPSA) is 82.1 Å². The lowest BCUT2D eigenvalue weighted by molar-refractivity contribution is -0.139. The molecule has 2 amide bonds. The quantitative estimate of drug-likeness (QED) is 0.683. The van der Waals surface area contributed by atoms with E-state index in [1.165, 1.54) is 0 Å². The molecule has 0 heterocycles. The number of aliphatic carboxylic acids is 1. The van der Waals surface area contributed by atoms with Gasteiger partial charge in [-0.25, -0.2) is 4.79 Å². The molecule has 1 aromatic rings. The molecule has 1 aliphatic rings. The van der Waals surface area contributed by atoms with Crippen LogP contribution >= 0.6 is 11.6 Å². The van der Waals surface area contributed by atoms with Gasteiger partial charge in [-0.1, -0.05) is 24.6 Å². The highest BCUT2D eigenvalue weighted by Gasteiger charge is 2.35. The van der Waals surface area contributed by atoms with E-state index >= 15 is 0 Å². The van der Waals surface area contributed by atoms with Crippen LogP contribution in [-0.4, -0.2) is 72.3 Å². The number of nitrogens with one attached hydrogen (secondary N) is 1. The van der Waals surface area contributed by atoms with Crippen LogP contribution in [0.25, 0.3) is 0 Å². The molecule has 0 spiro atoms. The van der Waals surface area contributed by atoms with Crippen LogP contribution in [0.3, 0.4) is 0 Å². The van der Waals surface area contributed by atoms with E-state index in [0.29, 0.717) is 30.5 Å². The van der Waals surface area contributed by atoms with Crippen molar-refractivity contribution in [3.63, 3.8) is 0 Å². The summed E-state index contributed by atoms with van der Waals surface area (Å²) < 4.78 is 5.58. The van der Waals surface area contributed by atoms with E-state index < -0.39 is 5.97 Å². The number of carbonyl (C=O) groups is 2. The highest BCUT2D eigenvalue weighted by Crippen LogP contribution is 2.25. The Labute approximate surface area is 158 Å². The molecule has 0 aliphatic heterocycles. The highest BCUT2D eigenvalue weighted by molar-refractivity contribution is 6.30. The Bertz CT molecular complexity index is 622. The summed E-state index contributed by atoms with van der Waals surface area (Å²) >= 11 is 5.90. The number of nitrogens with zero attached hydrogens (tertiary/aromatic N) is 2. The zero-order valence-corrected chi connectivity index (χ0v) is 15.9. The molecule has 7 nitrogen and oxygen atoms in total. The number of hydrogen-bond donors (Lipinski definition) is 2. The van der Waals surface area contributed by atoms with Crippen LogP contribution in [0, 0.1) is 0 Å². The summed E-state index contributed by atoms with van der Waals surface area (Å²) in [5, 5.41) is 12.5. The molecule has 1 saturated carbocycles. The van der Waals surface area contributed by atoms with Gasteiger partial charge in [-0.2, -0.15) is 0 Å². The fourth-order valence-electron chi connectivity index (χ4n) is 2.92. The molecule has 1 aliphatic carbocycles. The SMILES string of the molecule is CCN(CC(=O)O)C1CC(NC(=O)N(C)CCOc2cccc(Cl)c2)C1. The van der Waals surface area contributed by atoms with Gasteiger partial charge in [0.1, 0.15) is 12.4 Å². The average Bonchev–Trinajstić information content (AvgIpc) is 2.55. The molecule has 0 bridgehead atoms. The number of amides is 2. The lowest BCUT2D eigenvalue weighted by Gasteiger charge is -2.42. The van der Waals surface area contributed by atoms with Gasteiger partial charge in [-0.3, -0.25) is 9.69 Å². The maximum absolute atomic E-state index is 12.2. The average molecular weight is 384 g/mol. The van der Waals surface area contributed by atoms with Crippen LogP contribution in [-0.2, 0) is 4.79 Å². The molecule has 1 fully saturated rings. The van der Waals surface area contributed by atoms with Crippen LogP contribution in [0.2, 0.25) is 5.02 Å². The van der Waals surface area contributed by atoms with Crippen LogP contribution < -0.4 is 10.1 Å². The third-order valence-electron chi connectivity index (χ3n) is 4.54. The number of ether oxygens (including phenoxy) is 1. The minimum absolute atomic E-state index is 0.0442. The number of likely N-dealkylation sites (N-methyl/N-ethyl adjacent to an activating group) is 2. The van der Waals surface area contributed by atoms with Gasteiger partial charge in [-0.15, -0.1) is 0 Å². The molecule has 0 atom stereocenters. The molecule has 1 aromatic carbocycles. The Balaban J connectivity index is 1.66. The molecule has 0 aromatic heterocycles.